The predicted octanol–water partition coefficient (Wildman–Crippen LogP) is 1.40. The fourth-order valence-electron chi connectivity index (χ4n) is 3.45. The number of primary amides is 1. The number of nitrogens with zero attached hydrogens (tertiary/aromatic N) is 2. The minimum absolute atomic E-state index is 0.129. The third-order valence-corrected chi connectivity index (χ3v) is 5.38. The van der Waals surface area contributed by atoms with E-state index in [4.69, 9.17) is 10.5 Å². The molecule has 3 aromatic rings. The van der Waals surface area contributed by atoms with E-state index in [1.54, 1.807) is 36.7 Å². The van der Waals surface area contributed by atoms with Crippen LogP contribution in [0.5, 0.6) is 0 Å². The van der Waals surface area contributed by atoms with Crippen LogP contribution in [0.25, 0.3) is 22.0 Å². The number of hydrogen-bond donors (Lipinski definition) is 2. The van der Waals surface area contributed by atoms with E-state index >= 15 is 0 Å². The van der Waals surface area contributed by atoms with Gasteiger partial charge in [0, 0.05) is 41.3 Å². The molecule has 1 aromatic carbocycles. The number of ether oxygens (including phenoxy) is 1. The van der Waals surface area contributed by atoms with Crippen molar-refractivity contribution >= 4 is 33.6 Å². The number of rotatable bonds is 4. The molecule has 140 valence electrons. The van der Waals surface area contributed by atoms with Crippen LogP contribution in [0.2, 0.25) is 0 Å². The summed E-state index contributed by atoms with van der Waals surface area (Å²) in [5, 5.41) is 0.466. The zero-order valence-corrected chi connectivity index (χ0v) is 15.1. The molecule has 2 aromatic heterocycles. The Morgan fingerprint density at radius 3 is 2.56 bits per heavy atom. The van der Waals surface area contributed by atoms with E-state index in [9.17, 15) is 13.6 Å². The molecule has 0 radical (unpaired) electrons. The maximum Gasteiger partial charge on any atom is 0.267 e. The highest BCUT2D eigenvalue weighted by atomic mass is 32.2. The van der Waals surface area contributed by atoms with Crippen molar-refractivity contribution in [2.24, 2.45) is 5.73 Å². The molecule has 1 aliphatic rings. The number of carbonyl (C=O) groups excluding carboxylic acids is 1. The van der Waals surface area contributed by atoms with E-state index in [2.05, 4.69) is 9.97 Å². The highest BCUT2D eigenvalue weighted by Gasteiger charge is 2.26. The molecular weight excluding hydrogens is 368 g/mol. The lowest BCUT2D eigenvalue weighted by Crippen LogP contribution is -2.37. The summed E-state index contributed by atoms with van der Waals surface area (Å²) < 4.78 is 29.9. The van der Waals surface area contributed by atoms with Crippen molar-refractivity contribution in [3.8, 4) is 11.1 Å². The Morgan fingerprint density at radius 2 is 1.93 bits per heavy atom. The maximum atomic E-state index is 12.2. The molecule has 1 unspecified atom stereocenters. The van der Waals surface area contributed by atoms with Crippen LogP contribution >= 0.6 is 0 Å². The van der Waals surface area contributed by atoms with E-state index in [1.165, 1.54) is 0 Å². The van der Waals surface area contributed by atoms with Crippen LogP contribution < -0.4 is 10.6 Å². The fourth-order valence-corrected chi connectivity index (χ4v) is 4.19. The van der Waals surface area contributed by atoms with Crippen LogP contribution in [0.1, 0.15) is 10.5 Å². The van der Waals surface area contributed by atoms with Crippen LogP contribution in [0.4, 0.5) is 5.69 Å². The highest BCUT2D eigenvalue weighted by molar-refractivity contribution is 7.79. The van der Waals surface area contributed by atoms with E-state index in [0.29, 0.717) is 48.5 Å². The number of H-pyrrole nitrogens is 1. The summed E-state index contributed by atoms with van der Waals surface area (Å²) in [5.41, 5.74) is 8.09. The van der Waals surface area contributed by atoms with Gasteiger partial charge < -0.3 is 24.9 Å². The number of morpholine rings is 1. The van der Waals surface area contributed by atoms with Gasteiger partial charge in [0.05, 0.1) is 18.9 Å². The Morgan fingerprint density at radius 1 is 1.22 bits per heavy atom. The second kappa shape index (κ2) is 7.10. The van der Waals surface area contributed by atoms with Gasteiger partial charge in [-0.25, -0.2) is 0 Å². The number of benzene rings is 1. The molecule has 3 heterocycles. The number of amides is 1. The van der Waals surface area contributed by atoms with Crippen LogP contribution in [-0.4, -0.2) is 50.9 Å². The first-order chi connectivity index (χ1) is 13.1. The van der Waals surface area contributed by atoms with Crippen molar-refractivity contribution in [3.05, 3.63) is 42.4 Å². The number of anilines is 1. The predicted molar refractivity (Wildman–Crippen MR) is 100 cm³/mol. The standard InChI is InChI=1S/C18H18N4O4S/c19-18(23)15-16(22-7-9-26-10-8-22)14-13(21-15)2-1-12(17(14)27(24)25)11-3-5-20-6-4-11/h1-6,21H,7-10H2,(H2,19,23)(H,24,25)/p-1. The number of nitrogens with one attached hydrogen (secondary N) is 1. The number of aromatic nitrogens is 2. The molecule has 0 spiro atoms. The summed E-state index contributed by atoms with van der Waals surface area (Å²) in [6, 6.07) is 6.96. The minimum atomic E-state index is -2.53. The van der Waals surface area contributed by atoms with E-state index in [1.807, 2.05) is 4.90 Å². The lowest BCUT2D eigenvalue weighted by atomic mass is 10.0. The molecule has 1 amide bonds. The summed E-state index contributed by atoms with van der Waals surface area (Å²) in [5.74, 6) is -0.638. The first kappa shape index (κ1) is 17.7. The molecule has 27 heavy (non-hydrogen) atoms. The van der Waals surface area contributed by atoms with Crippen LogP contribution in [0.15, 0.2) is 41.6 Å². The molecule has 1 atom stereocenters. The smallest absolute Gasteiger partial charge is 0.267 e. The number of hydrogen-bond acceptors (Lipinski definition) is 6. The second-order valence-corrected chi connectivity index (χ2v) is 7.03. The Labute approximate surface area is 157 Å². The molecule has 0 bridgehead atoms. The highest BCUT2D eigenvalue weighted by Crippen LogP contribution is 2.40. The maximum absolute atomic E-state index is 12.2. The van der Waals surface area contributed by atoms with Gasteiger partial charge >= 0.3 is 0 Å². The Kier molecular flexibility index (Phi) is 4.65. The molecule has 4 rings (SSSR count). The van der Waals surface area contributed by atoms with Gasteiger partial charge in [-0.3, -0.25) is 14.0 Å². The van der Waals surface area contributed by atoms with Crippen LogP contribution in [0, 0.1) is 0 Å². The molecule has 8 nitrogen and oxygen atoms in total. The minimum Gasteiger partial charge on any atom is -0.768 e. The Balaban J connectivity index is 2.05. The zero-order valence-electron chi connectivity index (χ0n) is 14.3. The van der Waals surface area contributed by atoms with Gasteiger partial charge in [0.15, 0.2) is 0 Å². The fraction of sp³-hybridized carbons (Fsp3) is 0.222. The average molecular weight is 385 g/mol. The van der Waals surface area contributed by atoms with Gasteiger partial charge in [-0.05, 0) is 40.4 Å². The lowest BCUT2D eigenvalue weighted by Gasteiger charge is -2.29. The SMILES string of the molecule is NC(=O)c1[nH]c2ccc(-c3ccncc3)c(S(=O)[O-])c2c1N1CCOCC1. The Hall–Kier alpha value is -2.75. The topological polar surface area (TPSA) is 124 Å². The van der Waals surface area contributed by atoms with Gasteiger partial charge in [-0.2, -0.15) is 0 Å². The van der Waals surface area contributed by atoms with E-state index < -0.39 is 17.0 Å². The molecular formula is C18H17N4O4S-. The van der Waals surface area contributed by atoms with Gasteiger partial charge in [0.1, 0.15) is 5.69 Å². The van der Waals surface area contributed by atoms with E-state index in [-0.39, 0.29) is 10.6 Å². The molecule has 1 aliphatic heterocycles. The number of carbonyl (C=O) groups is 1. The van der Waals surface area contributed by atoms with Crippen LogP contribution in [-0.2, 0) is 15.8 Å². The van der Waals surface area contributed by atoms with Gasteiger partial charge in [-0.15, -0.1) is 0 Å². The first-order valence-corrected chi connectivity index (χ1v) is 9.46. The average Bonchev–Trinajstić information content (AvgIpc) is 3.08. The molecule has 0 saturated carbocycles. The first-order valence-electron chi connectivity index (χ1n) is 8.38. The van der Waals surface area contributed by atoms with Crippen molar-refractivity contribution in [2.75, 3.05) is 31.2 Å². The summed E-state index contributed by atoms with van der Waals surface area (Å²) in [4.78, 5) is 21.1. The summed E-state index contributed by atoms with van der Waals surface area (Å²) in [7, 11) is 0. The van der Waals surface area contributed by atoms with E-state index in [0.717, 1.165) is 5.56 Å². The molecule has 3 N–H and O–H groups in total. The zero-order chi connectivity index (χ0) is 19.0. The number of pyridine rings is 1. The lowest BCUT2D eigenvalue weighted by molar-refractivity contribution is 0.0994. The monoisotopic (exact) mass is 385 g/mol. The van der Waals surface area contributed by atoms with Crippen LogP contribution in [0.3, 0.4) is 0 Å². The molecule has 0 aliphatic carbocycles. The summed E-state index contributed by atoms with van der Waals surface area (Å²) in [6.45, 7) is 2.06. The third kappa shape index (κ3) is 3.09. The normalized spacial score (nSPS) is 15.8. The van der Waals surface area contributed by atoms with Gasteiger partial charge in [0.2, 0.25) is 0 Å². The third-order valence-electron chi connectivity index (χ3n) is 4.62. The summed E-state index contributed by atoms with van der Waals surface area (Å²) >= 11 is -2.53. The van der Waals surface area contributed by atoms with Crippen molar-refractivity contribution in [1.82, 2.24) is 9.97 Å². The molecule has 9 heteroatoms. The largest absolute Gasteiger partial charge is 0.768 e. The van der Waals surface area contributed by atoms with Crippen molar-refractivity contribution in [3.63, 3.8) is 0 Å². The number of nitrogens with two attached hydrogens (primary N) is 1. The van der Waals surface area contributed by atoms with Crippen molar-refractivity contribution in [1.29, 1.82) is 0 Å². The van der Waals surface area contributed by atoms with Crippen molar-refractivity contribution < 1.29 is 18.3 Å². The number of fused-ring (bicyclic) bond motifs is 1. The molecule has 1 fully saturated rings. The molecule has 1 saturated heterocycles. The van der Waals surface area contributed by atoms with Gasteiger partial charge in [-0.1, -0.05) is 6.07 Å². The van der Waals surface area contributed by atoms with Gasteiger partial charge in [0.25, 0.3) is 5.91 Å². The second-order valence-electron chi connectivity index (χ2n) is 6.15. The Bertz CT molecular complexity index is 1030. The summed E-state index contributed by atoms with van der Waals surface area (Å²) in [6.07, 6.45) is 3.21. The number of aromatic amines is 1. The van der Waals surface area contributed by atoms with Crippen molar-refractivity contribution in [2.45, 2.75) is 4.90 Å². The quantitative estimate of drug-likeness (QED) is 0.654.